The summed E-state index contributed by atoms with van der Waals surface area (Å²) in [5.74, 6) is 6.34. The number of carbonyl (C=O) groups is 1. The number of benzene rings is 2. The standard InChI is InChI=1S/C19H14BrNO/c20-19-17(14-22)16-11-4-5-12-18(16)21(19)13-7-6-10-15-8-2-1-3-9-15/h1-5,8-9,11-12,14H,7,13H2. The van der Waals surface area contributed by atoms with E-state index < -0.39 is 0 Å². The van der Waals surface area contributed by atoms with Gasteiger partial charge in [0.2, 0.25) is 0 Å². The summed E-state index contributed by atoms with van der Waals surface area (Å²) in [4.78, 5) is 11.3. The molecule has 0 bridgehead atoms. The first-order valence-corrected chi connectivity index (χ1v) is 7.86. The number of hydrogen-bond acceptors (Lipinski definition) is 1. The van der Waals surface area contributed by atoms with Gasteiger partial charge in [-0.05, 0) is 34.1 Å². The van der Waals surface area contributed by atoms with Gasteiger partial charge >= 0.3 is 0 Å². The lowest BCUT2D eigenvalue weighted by Gasteiger charge is -2.04. The van der Waals surface area contributed by atoms with Crippen LogP contribution in [0.5, 0.6) is 0 Å². The lowest BCUT2D eigenvalue weighted by molar-refractivity contribution is 0.112. The number of nitrogens with zero attached hydrogens (tertiary/aromatic N) is 1. The van der Waals surface area contributed by atoms with Crippen LogP contribution in [0.15, 0.2) is 59.2 Å². The molecule has 2 nitrogen and oxygen atoms in total. The van der Waals surface area contributed by atoms with Gasteiger partial charge in [-0.25, -0.2) is 0 Å². The lowest BCUT2D eigenvalue weighted by Crippen LogP contribution is -1.97. The summed E-state index contributed by atoms with van der Waals surface area (Å²) in [6, 6.07) is 17.9. The molecule has 0 radical (unpaired) electrons. The fourth-order valence-corrected chi connectivity index (χ4v) is 3.16. The average Bonchev–Trinajstić information content (AvgIpc) is 2.84. The topological polar surface area (TPSA) is 22.0 Å². The Bertz CT molecular complexity index is 869. The first-order chi connectivity index (χ1) is 10.8. The summed E-state index contributed by atoms with van der Waals surface area (Å²) in [6.45, 7) is 0.745. The number of halogens is 1. The van der Waals surface area contributed by atoms with Crippen molar-refractivity contribution in [2.75, 3.05) is 0 Å². The predicted octanol–water partition coefficient (Wildman–Crippen LogP) is 4.66. The van der Waals surface area contributed by atoms with E-state index in [9.17, 15) is 4.79 Å². The Morgan fingerprint density at radius 2 is 1.77 bits per heavy atom. The zero-order chi connectivity index (χ0) is 15.4. The van der Waals surface area contributed by atoms with Crippen LogP contribution in [-0.2, 0) is 6.54 Å². The number of hydrogen-bond donors (Lipinski definition) is 0. The van der Waals surface area contributed by atoms with Crippen molar-refractivity contribution >= 4 is 33.1 Å². The SMILES string of the molecule is O=Cc1c(Br)n(CCC#Cc2ccccc2)c2ccccc12. The Morgan fingerprint density at radius 1 is 1.05 bits per heavy atom. The van der Waals surface area contributed by atoms with E-state index in [0.717, 1.165) is 40.3 Å². The van der Waals surface area contributed by atoms with Crippen molar-refractivity contribution in [1.29, 1.82) is 0 Å². The van der Waals surface area contributed by atoms with Gasteiger partial charge in [-0.2, -0.15) is 0 Å². The van der Waals surface area contributed by atoms with Gasteiger partial charge in [0.15, 0.2) is 6.29 Å². The van der Waals surface area contributed by atoms with E-state index >= 15 is 0 Å². The number of para-hydroxylation sites is 1. The Balaban J connectivity index is 1.84. The van der Waals surface area contributed by atoms with E-state index in [0.29, 0.717) is 5.56 Å². The first-order valence-electron chi connectivity index (χ1n) is 7.07. The van der Waals surface area contributed by atoms with Crippen molar-refractivity contribution in [1.82, 2.24) is 4.57 Å². The Kier molecular flexibility index (Phi) is 4.41. The minimum Gasteiger partial charge on any atom is -0.334 e. The lowest BCUT2D eigenvalue weighted by atomic mass is 10.2. The van der Waals surface area contributed by atoms with Gasteiger partial charge in [-0.3, -0.25) is 4.79 Å². The molecule has 3 heteroatoms. The summed E-state index contributed by atoms with van der Waals surface area (Å²) in [7, 11) is 0. The number of aromatic nitrogens is 1. The van der Waals surface area contributed by atoms with Crippen LogP contribution < -0.4 is 0 Å². The van der Waals surface area contributed by atoms with Gasteiger partial charge in [-0.15, -0.1) is 0 Å². The Hall–Kier alpha value is -2.31. The molecule has 0 N–H and O–H groups in total. The van der Waals surface area contributed by atoms with Crippen molar-refractivity contribution in [3.8, 4) is 11.8 Å². The van der Waals surface area contributed by atoms with Crippen LogP contribution in [0, 0.1) is 11.8 Å². The van der Waals surface area contributed by atoms with Crippen LogP contribution >= 0.6 is 15.9 Å². The Labute approximate surface area is 137 Å². The third kappa shape index (κ3) is 2.84. The molecule has 22 heavy (non-hydrogen) atoms. The molecule has 0 spiro atoms. The average molecular weight is 352 g/mol. The van der Waals surface area contributed by atoms with Crippen LogP contribution in [0.3, 0.4) is 0 Å². The van der Waals surface area contributed by atoms with Crippen molar-refractivity contribution in [3.05, 3.63) is 70.3 Å². The number of aryl methyl sites for hydroxylation is 1. The molecule has 0 saturated heterocycles. The van der Waals surface area contributed by atoms with Crippen molar-refractivity contribution in [2.24, 2.45) is 0 Å². The van der Waals surface area contributed by atoms with Gasteiger partial charge < -0.3 is 4.57 Å². The van der Waals surface area contributed by atoms with E-state index in [-0.39, 0.29) is 0 Å². The van der Waals surface area contributed by atoms with Gasteiger partial charge in [-0.1, -0.05) is 48.2 Å². The number of aldehydes is 1. The fourth-order valence-electron chi connectivity index (χ4n) is 2.48. The monoisotopic (exact) mass is 351 g/mol. The van der Waals surface area contributed by atoms with Crippen LogP contribution in [0.1, 0.15) is 22.3 Å². The predicted molar refractivity (Wildman–Crippen MR) is 93.0 cm³/mol. The minimum absolute atomic E-state index is 0.701. The third-order valence-corrected chi connectivity index (χ3v) is 4.38. The van der Waals surface area contributed by atoms with Crippen molar-refractivity contribution in [3.63, 3.8) is 0 Å². The molecule has 1 heterocycles. The van der Waals surface area contributed by atoms with Gasteiger partial charge in [0, 0.05) is 29.4 Å². The van der Waals surface area contributed by atoms with Crippen LogP contribution in [-0.4, -0.2) is 10.9 Å². The third-order valence-electron chi connectivity index (χ3n) is 3.53. The molecule has 0 fully saturated rings. The molecule has 0 amide bonds. The summed E-state index contributed by atoms with van der Waals surface area (Å²) < 4.78 is 2.92. The number of carbonyl (C=O) groups excluding carboxylic acids is 1. The highest BCUT2D eigenvalue weighted by atomic mass is 79.9. The summed E-state index contributed by atoms with van der Waals surface area (Å²) in [6.07, 6.45) is 1.63. The molecular weight excluding hydrogens is 338 g/mol. The second kappa shape index (κ2) is 6.64. The van der Waals surface area contributed by atoms with Gasteiger partial charge in [0.1, 0.15) is 0 Å². The molecule has 0 unspecified atom stereocenters. The molecule has 3 aromatic rings. The highest BCUT2D eigenvalue weighted by Crippen LogP contribution is 2.29. The van der Waals surface area contributed by atoms with Crippen molar-refractivity contribution < 1.29 is 4.79 Å². The molecule has 0 aliphatic carbocycles. The maximum absolute atomic E-state index is 11.3. The van der Waals surface area contributed by atoms with Gasteiger partial charge in [0.05, 0.1) is 10.2 Å². The van der Waals surface area contributed by atoms with E-state index in [1.54, 1.807) is 0 Å². The Morgan fingerprint density at radius 3 is 2.55 bits per heavy atom. The quantitative estimate of drug-likeness (QED) is 0.496. The molecule has 0 aliphatic heterocycles. The fraction of sp³-hybridized carbons (Fsp3) is 0.105. The maximum atomic E-state index is 11.3. The van der Waals surface area contributed by atoms with E-state index in [1.165, 1.54) is 0 Å². The molecule has 1 aromatic heterocycles. The molecule has 2 aromatic carbocycles. The summed E-state index contributed by atoms with van der Waals surface area (Å²) in [5.41, 5.74) is 2.78. The largest absolute Gasteiger partial charge is 0.334 e. The highest BCUT2D eigenvalue weighted by molar-refractivity contribution is 9.10. The normalized spacial score (nSPS) is 10.2. The summed E-state index contributed by atoms with van der Waals surface area (Å²) in [5, 5.41) is 0.973. The molecule has 3 rings (SSSR count). The zero-order valence-electron chi connectivity index (χ0n) is 11.9. The molecule has 0 saturated carbocycles. The number of rotatable bonds is 3. The minimum atomic E-state index is 0.701. The molecule has 0 atom stereocenters. The van der Waals surface area contributed by atoms with E-state index in [4.69, 9.17) is 0 Å². The maximum Gasteiger partial charge on any atom is 0.153 e. The zero-order valence-corrected chi connectivity index (χ0v) is 13.5. The van der Waals surface area contributed by atoms with E-state index in [1.807, 2.05) is 54.6 Å². The second-order valence-corrected chi connectivity index (χ2v) is 5.66. The molecular formula is C19H14BrNO. The van der Waals surface area contributed by atoms with Crippen molar-refractivity contribution in [2.45, 2.75) is 13.0 Å². The molecule has 108 valence electrons. The smallest absolute Gasteiger partial charge is 0.153 e. The number of fused-ring (bicyclic) bond motifs is 1. The first kappa shape index (κ1) is 14.6. The second-order valence-electron chi connectivity index (χ2n) is 4.91. The van der Waals surface area contributed by atoms with Crippen LogP contribution in [0.25, 0.3) is 10.9 Å². The van der Waals surface area contributed by atoms with Gasteiger partial charge in [0.25, 0.3) is 0 Å². The van der Waals surface area contributed by atoms with Crippen LogP contribution in [0.2, 0.25) is 0 Å². The summed E-state index contributed by atoms with van der Waals surface area (Å²) >= 11 is 3.54. The van der Waals surface area contributed by atoms with E-state index in [2.05, 4.69) is 32.3 Å². The molecule has 0 aliphatic rings. The van der Waals surface area contributed by atoms with Crippen LogP contribution in [0.4, 0.5) is 0 Å². The highest BCUT2D eigenvalue weighted by Gasteiger charge is 2.13.